The van der Waals surface area contributed by atoms with Crippen LogP contribution in [-0.2, 0) is 6.54 Å². The van der Waals surface area contributed by atoms with E-state index < -0.39 is 0 Å². The maximum atomic E-state index is 2.48. The van der Waals surface area contributed by atoms with Crippen LogP contribution in [0.25, 0.3) is 54.1 Å². The lowest BCUT2D eigenvalue weighted by Crippen LogP contribution is -1.94. The molecule has 0 unspecified atom stereocenters. The Bertz CT molecular complexity index is 1470. The number of para-hydroxylation sites is 1. The van der Waals surface area contributed by atoms with Gasteiger partial charge in [0.15, 0.2) is 0 Å². The molecule has 0 N–H and O–H groups in total. The quantitative estimate of drug-likeness (QED) is 0.276. The van der Waals surface area contributed by atoms with Gasteiger partial charge in [0, 0.05) is 28.2 Å². The molecule has 0 aliphatic rings. The number of aromatic nitrogens is 1. The Morgan fingerprint density at radius 3 is 1.67 bits per heavy atom. The second-order valence-electron chi connectivity index (χ2n) is 7.24. The van der Waals surface area contributed by atoms with Gasteiger partial charge in [-0.15, -0.1) is 0 Å². The number of nitrogens with zero attached hydrogens (tertiary/aromatic N) is 1. The predicted octanol–water partition coefficient (Wildman–Crippen LogP) is 7.27. The van der Waals surface area contributed by atoms with E-state index in [-0.39, 0.29) is 0 Å². The van der Waals surface area contributed by atoms with Crippen molar-refractivity contribution in [1.82, 2.24) is 4.57 Å². The SMILES string of the molecule is CCn1c2ccccc2c2ccc3c4ccccc4c4ccccc4c3c21. The fourth-order valence-corrected chi connectivity index (χ4v) is 4.86. The Hall–Kier alpha value is -3.32. The second-order valence-corrected chi connectivity index (χ2v) is 7.24. The fraction of sp³-hybridized carbons (Fsp3) is 0.0769. The predicted molar refractivity (Wildman–Crippen MR) is 118 cm³/mol. The standard InChI is InChI=1S/C26H19N/c1-2-27-24-14-8-7-12-20(24)23-16-15-22-19-11-4-3-9-17(19)18-10-5-6-13-21(18)25(22)26(23)27/h3-16H,2H2,1H3. The minimum atomic E-state index is 0.963. The van der Waals surface area contributed by atoms with Crippen LogP contribution in [0.2, 0.25) is 0 Å². The molecule has 1 nitrogen and oxygen atoms in total. The molecule has 6 rings (SSSR count). The molecule has 1 aromatic heterocycles. The van der Waals surface area contributed by atoms with Gasteiger partial charge in [-0.1, -0.05) is 78.9 Å². The number of hydrogen-bond acceptors (Lipinski definition) is 0. The van der Waals surface area contributed by atoms with Crippen LogP contribution in [0.15, 0.2) is 84.9 Å². The lowest BCUT2D eigenvalue weighted by Gasteiger charge is -2.13. The fourth-order valence-electron chi connectivity index (χ4n) is 4.86. The molecule has 1 heteroatoms. The molecule has 0 saturated heterocycles. The van der Waals surface area contributed by atoms with E-state index in [1.165, 1.54) is 54.1 Å². The van der Waals surface area contributed by atoms with E-state index in [1.54, 1.807) is 0 Å². The molecule has 0 saturated carbocycles. The molecule has 1 heterocycles. The highest BCUT2D eigenvalue weighted by molar-refractivity contribution is 6.33. The van der Waals surface area contributed by atoms with E-state index in [4.69, 9.17) is 0 Å². The minimum Gasteiger partial charge on any atom is -0.340 e. The molecule has 0 amide bonds. The average Bonchev–Trinajstić information content (AvgIpc) is 3.07. The Kier molecular flexibility index (Phi) is 2.93. The van der Waals surface area contributed by atoms with Crippen LogP contribution < -0.4 is 0 Å². The van der Waals surface area contributed by atoms with Crippen molar-refractivity contribution in [2.75, 3.05) is 0 Å². The maximum Gasteiger partial charge on any atom is 0.0577 e. The smallest absolute Gasteiger partial charge is 0.0577 e. The molecule has 0 bridgehead atoms. The Morgan fingerprint density at radius 1 is 0.519 bits per heavy atom. The largest absolute Gasteiger partial charge is 0.340 e. The van der Waals surface area contributed by atoms with Crippen LogP contribution in [-0.4, -0.2) is 4.57 Å². The maximum absolute atomic E-state index is 2.48. The van der Waals surface area contributed by atoms with E-state index in [0.717, 1.165) is 6.54 Å². The van der Waals surface area contributed by atoms with Gasteiger partial charge in [-0.05, 0) is 39.9 Å². The van der Waals surface area contributed by atoms with Crippen molar-refractivity contribution >= 4 is 54.1 Å². The second kappa shape index (κ2) is 5.34. The van der Waals surface area contributed by atoms with Crippen molar-refractivity contribution in [3.63, 3.8) is 0 Å². The van der Waals surface area contributed by atoms with Gasteiger partial charge in [0.1, 0.15) is 0 Å². The van der Waals surface area contributed by atoms with Crippen molar-refractivity contribution in [1.29, 1.82) is 0 Å². The molecule has 0 aliphatic carbocycles. The summed E-state index contributed by atoms with van der Waals surface area (Å²) in [6, 6.07) is 31.1. The van der Waals surface area contributed by atoms with Crippen LogP contribution in [0.1, 0.15) is 6.92 Å². The molecule has 6 aromatic rings. The topological polar surface area (TPSA) is 4.93 Å². The van der Waals surface area contributed by atoms with Crippen molar-refractivity contribution in [3.8, 4) is 0 Å². The average molecular weight is 345 g/mol. The molecule has 0 fully saturated rings. The van der Waals surface area contributed by atoms with Gasteiger partial charge in [0.05, 0.1) is 5.52 Å². The number of hydrogen-bond donors (Lipinski definition) is 0. The summed E-state index contributed by atoms with van der Waals surface area (Å²) < 4.78 is 2.48. The minimum absolute atomic E-state index is 0.963. The number of rotatable bonds is 1. The van der Waals surface area contributed by atoms with E-state index in [2.05, 4.69) is 96.4 Å². The highest BCUT2D eigenvalue weighted by Crippen LogP contribution is 2.41. The summed E-state index contributed by atoms with van der Waals surface area (Å²) in [6.07, 6.45) is 0. The summed E-state index contributed by atoms with van der Waals surface area (Å²) >= 11 is 0. The monoisotopic (exact) mass is 345 g/mol. The molecular weight excluding hydrogens is 326 g/mol. The van der Waals surface area contributed by atoms with Crippen LogP contribution in [0.4, 0.5) is 0 Å². The first-order valence-corrected chi connectivity index (χ1v) is 9.61. The van der Waals surface area contributed by atoms with Crippen LogP contribution in [0, 0.1) is 0 Å². The van der Waals surface area contributed by atoms with Gasteiger partial charge in [0.2, 0.25) is 0 Å². The molecule has 128 valence electrons. The summed E-state index contributed by atoms with van der Waals surface area (Å²) in [7, 11) is 0. The van der Waals surface area contributed by atoms with Gasteiger partial charge in [-0.2, -0.15) is 0 Å². The number of benzene rings is 5. The van der Waals surface area contributed by atoms with E-state index in [0.29, 0.717) is 0 Å². The Labute approximate surface area is 157 Å². The normalized spacial score (nSPS) is 12.0. The van der Waals surface area contributed by atoms with Gasteiger partial charge in [-0.25, -0.2) is 0 Å². The van der Waals surface area contributed by atoms with Gasteiger partial charge in [-0.3, -0.25) is 0 Å². The third kappa shape index (κ3) is 1.84. The zero-order valence-corrected chi connectivity index (χ0v) is 15.2. The first kappa shape index (κ1) is 14.8. The summed E-state index contributed by atoms with van der Waals surface area (Å²) in [4.78, 5) is 0. The van der Waals surface area contributed by atoms with Gasteiger partial charge in [0.25, 0.3) is 0 Å². The molecule has 0 radical (unpaired) electrons. The molecular formula is C26H19N. The first-order valence-electron chi connectivity index (χ1n) is 9.61. The number of aryl methyl sites for hydroxylation is 1. The van der Waals surface area contributed by atoms with Crippen LogP contribution in [0.3, 0.4) is 0 Å². The van der Waals surface area contributed by atoms with Crippen LogP contribution in [0.5, 0.6) is 0 Å². The third-order valence-electron chi connectivity index (χ3n) is 5.95. The summed E-state index contributed by atoms with van der Waals surface area (Å²) in [5.41, 5.74) is 2.68. The van der Waals surface area contributed by atoms with E-state index in [1.807, 2.05) is 0 Å². The van der Waals surface area contributed by atoms with Crippen LogP contribution >= 0.6 is 0 Å². The molecule has 0 aliphatic heterocycles. The van der Waals surface area contributed by atoms with Gasteiger partial charge < -0.3 is 4.57 Å². The third-order valence-corrected chi connectivity index (χ3v) is 5.95. The van der Waals surface area contributed by atoms with E-state index in [9.17, 15) is 0 Å². The molecule has 0 atom stereocenters. The van der Waals surface area contributed by atoms with Gasteiger partial charge >= 0.3 is 0 Å². The van der Waals surface area contributed by atoms with Crippen molar-refractivity contribution in [3.05, 3.63) is 84.9 Å². The highest BCUT2D eigenvalue weighted by Gasteiger charge is 2.16. The van der Waals surface area contributed by atoms with Crippen molar-refractivity contribution in [2.45, 2.75) is 13.5 Å². The van der Waals surface area contributed by atoms with E-state index >= 15 is 0 Å². The number of fused-ring (bicyclic) bond motifs is 10. The summed E-state index contributed by atoms with van der Waals surface area (Å²) in [5.74, 6) is 0. The van der Waals surface area contributed by atoms with Crippen molar-refractivity contribution in [2.24, 2.45) is 0 Å². The first-order chi connectivity index (χ1) is 13.4. The molecule has 5 aromatic carbocycles. The summed E-state index contributed by atoms with van der Waals surface area (Å²) in [5, 5.41) is 10.7. The summed E-state index contributed by atoms with van der Waals surface area (Å²) in [6.45, 7) is 3.21. The van der Waals surface area contributed by atoms with Crippen molar-refractivity contribution < 1.29 is 0 Å². The lowest BCUT2D eigenvalue weighted by atomic mass is 9.93. The lowest BCUT2D eigenvalue weighted by molar-refractivity contribution is 0.830. The Balaban J connectivity index is 2.04. The zero-order valence-electron chi connectivity index (χ0n) is 15.2. The zero-order chi connectivity index (χ0) is 18.0. The highest BCUT2D eigenvalue weighted by atomic mass is 15.0. The molecule has 27 heavy (non-hydrogen) atoms. The Morgan fingerprint density at radius 2 is 1.00 bits per heavy atom. The molecule has 0 spiro atoms.